The second kappa shape index (κ2) is 11.4. The zero-order valence-corrected chi connectivity index (χ0v) is 26.6. The summed E-state index contributed by atoms with van der Waals surface area (Å²) in [5.74, 6) is 1.29. The van der Waals surface area contributed by atoms with Gasteiger partial charge < -0.3 is 8.98 Å². The van der Waals surface area contributed by atoms with Crippen LogP contribution in [0.25, 0.3) is 94.7 Å². The largest absolute Gasteiger partial charge is 0.456 e. The van der Waals surface area contributed by atoms with Gasteiger partial charge in [-0.3, -0.25) is 0 Å². The molecule has 50 heavy (non-hydrogen) atoms. The molecule has 0 fully saturated rings. The van der Waals surface area contributed by atoms with Crippen LogP contribution in [0.3, 0.4) is 0 Å². The van der Waals surface area contributed by atoms with Crippen LogP contribution < -0.4 is 0 Å². The van der Waals surface area contributed by atoms with E-state index in [1.54, 1.807) is 0 Å². The van der Waals surface area contributed by atoms with Gasteiger partial charge in [0.1, 0.15) is 11.2 Å². The van der Waals surface area contributed by atoms with Gasteiger partial charge in [0.15, 0.2) is 17.5 Å². The molecular weight excluding hydrogens is 613 g/mol. The number of nitrogens with zero attached hydrogens (tertiary/aromatic N) is 4. The van der Waals surface area contributed by atoms with Crippen molar-refractivity contribution in [2.75, 3.05) is 0 Å². The number of aromatic nitrogens is 4. The first-order valence-electron chi connectivity index (χ1n) is 18.4. The minimum Gasteiger partial charge on any atom is -0.456 e. The highest BCUT2D eigenvalue weighted by molar-refractivity contribution is 6.15. The minimum absolute atomic E-state index is 0.117. The molecule has 0 saturated carbocycles. The van der Waals surface area contributed by atoms with E-state index in [0.717, 1.165) is 44.3 Å². The molecule has 0 aliphatic heterocycles. The summed E-state index contributed by atoms with van der Waals surface area (Å²) in [7, 11) is 0. The molecule has 234 valence electrons. The average Bonchev–Trinajstić information content (AvgIpc) is 3.78. The minimum atomic E-state index is -0.300. The van der Waals surface area contributed by atoms with Crippen LogP contribution in [0, 0.1) is 0 Å². The number of furan rings is 1. The van der Waals surface area contributed by atoms with E-state index in [1.807, 2.05) is 120 Å². The van der Waals surface area contributed by atoms with Crippen molar-refractivity contribution in [1.82, 2.24) is 19.5 Å². The molecule has 0 atom stereocenters. The van der Waals surface area contributed by atoms with Crippen LogP contribution in [0.1, 0.15) is 5.48 Å². The molecule has 5 nitrogen and oxygen atoms in total. The predicted molar refractivity (Wildman–Crippen MR) is 203 cm³/mol. The van der Waals surface area contributed by atoms with Gasteiger partial charge >= 0.3 is 0 Å². The Morgan fingerprint density at radius 3 is 1.80 bits per heavy atom. The van der Waals surface area contributed by atoms with Crippen molar-refractivity contribution < 1.29 is 9.90 Å². The van der Waals surface area contributed by atoms with E-state index >= 15 is 0 Å². The van der Waals surface area contributed by atoms with Crippen LogP contribution in [0.5, 0.6) is 0 Å². The molecule has 0 spiro atoms. The van der Waals surface area contributed by atoms with E-state index < -0.39 is 0 Å². The van der Waals surface area contributed by atoms with Gasteiger partial charge in [-0.05, 0) is 59.6 Å². The van der Waals surface area contributed by atoms with Gasteiger partial charge in [0.05, 0.1) is 16.5 Å². The standard InChI is InChI=1S/C45H28N4O/c1-4-13-29(14-5-1)31-23-25-34-35-26-24-32(28-41(35)50-40(34)27-31)44-46-43(30-15-6-2-7-16-30)47-45(48-44)37-20-12-22-39-42(37)36-19-10-11-21-38(36)49(39)33-17-8-3-9-18-33/h1-28H/i10D,11D,19D,21D. The third-order valence-electron chi connectivity index (χ3n) is 9.19. The maximum Gasteiger partial charge on any atom is 0.164 e. The number of fused-ring (bicyclic) bond motifs is 6. The molecule has 10 rings (SSSR count). The van der Waals surface area contributed by atoms with Crippen molar-refractivity contribution in [3.63, 3.8) is 0 Å². The van der Waals surface area contributed by atoms with Gasteiger partial charge in [-0.15, -0.1) is 0 Å². The first kappa shape index (κ1) is 24.3. The Balaban J connectivity index is 1.22. The van der Waals surface area contributed by atoms with Crippen molar-refractivity contribution in [2.45, 2.75) is 0 Å². The number of benzene rings is 7. The van der Waals surface area contributed by atoms with E-state index in [1.165, 1.54) is 0 Å². The van der Waals surface area contributed by atoms with E-state index in [2.05, 4.69) is 30.3 Å². The molecular formula is C45H28N4O. The molecule has 0 aliphatic carbocycles. The lowest BCUT2D eigenvalue weighted by Crippen LogP contribution is -2.00. The monoisotopic (exact) mass is 644 g/mol. The van der Waals surface area contributed by atoms with Crippen LogP contribution in [0.4, 0.5) is 0 Å². The summed E-state index contributed by atoms with van der Waals surface area (Å²) in [5, 5.41) is 3.03. The number of para-hydroxylation sites is 2. The Labute approximate surface area is 293 Å². The summed E-state index contributed by atoms with van der Waals surface area (Å²) in [4.78, 5) is 15.1. The topological polar surface area (TPSA) is 56.7 Å². The lowest BCUT2D eigenvalue weighted by Gasteiger charge is -2.10. The average molecular weight is 645 g/mol. The van der Waals surface area contributed by atoms with Crippen LogP contribution in [-0.2, 0) is 0 Å². The van der Waals surface area contributed by atoms with E-state index in [4.69, 9.17) is 24.9 Å². The molecule has 0 N–H and O–H groups in total. The first-order chi connectivity index (χ1) is 26.4. The molecule has 7 aromatic carbocycles. The quantitative estimate of drug-likeness (QED) is 0.187. The number of hydrogen-bond acceptors (Lipinski definition) is 4. The van der Waals surface area contributed by atoms with E-state index in [-0.39, 0.29) is 24.2 Å². The summed E-state index contributed by atoms with van der Waals surface area (Å²) in [5.41, 5.74) is 7.73. The Morgan fingerprint density at radius 1 is 0.460 bits per heavy atom. The lowest BCUT2D eigenvalue weighted by molar-refractivity contribution is 0.669. The fourth-order valence-corrected chi connectivity index (χ4v) is 6.86. The lowest BCUT2D eigenvalue weighted by atomic mass is 10.0. The van der Waals surface area contributed by atoms with E-state index in [9.17, 15) is 0 Å². The SMILES string of the molecule is [2H]c1c([2H])c([2H])c2c(c1[2H])c1c(-c3nc(-c4ccccc4)nc(-c4ccc5c(c4)oc4cc(-c6ccccc6)ccc45)n3)cccc1n2-c1ccccc1. The maximum atomic E-state index is 9.11. The summed E-state index contributed by atoms with van der Waals surface area (Å²) in [6.07, 6.45) is 0. The zero-order valence-electron chi connectivity index (χ0n) is 30.6. The molecule has 0 saturated heterocycles. The zero-order chi connectivity index (χ0) is 36.5. The van der Waals surface area contributed by atoms with Gasteiger partial charge in [0, 0.05) is 43.9 Å². The van der Waals surface area contributed by atoms with Crippen molar-refractivity contribution in [3.05, 3.63) is 170 Å². The first-order valence-corrected chi connectivity index (χ1v) is 16.4. The third kappa shape index (κ3) is 4.60. The maximum absolute atomic E-state index is 9.11. The Morgan fingerprint density at radius 2 is 1.06 bits per heavy atom. The van der Waals surface area contributed by atoms with Crippen molar-refractivity contribution >= 4 is 43.7 Å². The van der Waals surface area contributed by atoms with Crippen LogP contribution >= 0.6 is 0 Å². The van der Waals surface area contributed by atoms with Crippen molar-refractivity contribution in [1.29, 1.82) is 0 Å². The van der Waals surface area contributed by atoms with Gasteiger partial charge in [0.2, 0.25) is 0 Å². The summed E-state index contributed by atoms with van der Waals surface area (Å²) < 4.78 is 43.7. The fourth-order valence-electron chi connectivity index (χ4n) is 6.86. The fraction of sp³-hybridized carbons (Fsp3) is 0. The summed E-state index contributed by atoms with van der Waals surface area (Å²) in [6.45, 7) is 0. The smallest absolute Gasteiger partial charge is 0.164 e. The van der Waals surface area contributed by atoms with Gasteiger partial charge in [-0.25, -0.2) is 15.0 Å². The predicted octanol–water partition coefficient (Wildman–Crippen LogP) is 11.5. The highest BCUT2D eigenvalue weighted by Crippen LogP contribution is 2.39. The van der Waals surface area contributed by atoms with Crippen molar-refractivity contribution in [2.24, 2.45) is 0 Å². The Hall–Kier alpha value is -6.85. The van der Waals surface area contributed by atoms with Crippen LogP contribution in [0.2, 0.25) is 0 Å². The Kier molecular flexibility index (Phi) is 5.54. The summed E-state index contributed by atoms with van der Waals surface area (Å²) in [6, 6.07) is 46.7. The molecule has 5 heteroatoms. The second-order valence-electron chi connectivity index (χ2n) is 12.2. The molecule has 3 aromatic heterocycles. The van der Waals surface area contributed by atoms with Crippen molar-refractivity contribution in [3.8, 4) is 51.0 Å². The van der Waals surface area contributed by atoms with Gasteiger partial charge in [-0.1, -0.05) is 121 Å². The molecule has 10 aromatic rings. The molecule has 3 heterocycles. The Bertz CT molecular complexity index is 3090. The van der Waals surface area contributed by atoms with Crippen LogP contribution in [-0.4, -0.2) is 19.5 Å². The number of hydrogen-bond donors (Lipinski definition) is 0. The normalized spacial score (nSPS) is 12.7. The number of rotatable bonds is 5. The molecule has 0 radical (unpaired) electrons. The third-order valence-corrected chi connectivity index (χ3v) is 9.19. The molecule has 0 amide bonds. The summed E-state index contributed by atoms with van der Waals surface area (Å²) >= 11 is 0. The second-order valence-corrected chi connectivity index (χ2v) is 12.2. The highest BCUT2D eigenvalue weighted by atomic mass is 16.3. The van der Waals surface area contributed by atoms with E-state index in [0.29, 0.717) is 50.4 Å². The molecule has 0 unspecified atom stereocenters. The molecule has 0 aliphatic rings. The highest BCUT2D eigenvalue weighted by Gasteiger charge is 2.20. The van der Waals surface area contributed by atoms with Crippen LogP contribution in [0.15, 0.2) is 174 Å². The van der Waals surface area contributed by atoms with Gasteiger partial charge in [0.25, 0.3) is 0 Å². The van der Waals surface area contributed by atoms with Gasteiger partial charge in [-0.2, -0.15) is 0 Å². The molecule has 0 bridgehead atoms.